The van der Waals surface area contributed by atoms with E-state index in [1.165, 1.54) is 24.8 Å². The third-order valence-corrected chi connectivity index (χ3v) is 4.30. The Balaban J connectivity index is 2.04. The number of hydrogen-bond donors (Lipinski definition) is 0. The van der Waals surface area contributed by atoms with Crippen LogP contribution in [0.2, 0.25) is 5.02 Å². The lowest BCUT2D eigenvalue weighted by Crippen LogP contribution is -2.43. The monoisotopic (exact) mass is 295 g/mol. The number of halogens is 1. The quantitative estimate of drug-likeness (QED) is 0.765. The van der Waals surface area contributed by atoms with Gasteiger partial charge in [0.1, 0.15) is 6.23 Å². The Labute approximate surface area is 128 Å². The highest BCUT2D eigenvalue weighted by Crippen LogP contribution is 2.20. The molecule has 0 bridgehead atoms. The molecule has 0 amide bonds. The van der Waals surface area contributed by atoms with Crippen LogP contribution < -0.4 is 0 Å². The van der Waals surface area contributed by atoms with Gasteiger partial charge in [-0.2, -0.15) is 0 Å². The number of piperidine rings is 1. The summed E-state index contributed by atoms with van der Waals surface area (Å²) in [6.07, 6.45) is 6.39. The van der Waals surface area contributed by atoms with E-state index in [0.717, 1.165) is 31.0 Å². The molecule has 0 aliphatic carbocycles. The number of likely N-dealkylation sites (tertiary alicyclic amines) is 1. The molecule has 1 fully saturated rings. The molecule has 0 N–H and O–H groups in total. The third kappa shape index (κ3) is 4.76. The van der Waals surface area contributed by atoms with Gasteiger partial charge in [-0.1, -0.05) is 37.1 Å². The Morgan fingerprint density at radius 2 is 2.00 bits per heavy atom. The van der Waals surface area contributed by atoms with Gasteiger partial charge in [-0.05, 0) is 43.9 Å². The van der Waals surface area contributed by atoms with Crippen LogP contribution >= 0.6 is 11.6 Å². The van der Waals surface area contributed by atoms with E-state index in [1.54, 1.807) is 0 Å². The molecule has 2 rings (SSSR count). The molecular weight excluding hydrogens is 270 g/mol. The molecule has 0 saturated carbocycles. The third-order valence-electron chi connectivity index (χ3n) is 4.06. The topological polar surface area (TPSA) is 12.5 Å². The van der Waals surface area contributed by atoms with Gasteiger partial charge in [0.25, 0.3) is 0 Å². The zero-order chi connectivity index (χ0) is 14.4. The summed E-state index contributed by atoms with van der Waals surface area (Å²) in [6.45, 7) is 6.65. The summed E-state index contributed by atoms with van der Waals surface area (Å²) in [5.41, 5.74) is 1.26. The zero-order valence-corrected chi connectivity index (χ0v) is 13.4. The molecule has 0 radical (unpaired) electrons. The van der Waals surface area contributed by atoms with Crippen LogP contribution in [-0.2, 0) is 11.2 Å². The normalized spacial score (nSPS) is 19.8. The first kappa shape index (κ1) is 15.8. The lowest BCUT2D eigenvalue weighted by Gasteiger charge is -2.36. The summed E-state index contributed by atoms with van der Waals surface area (Å²) in [6, 6.07) is 8.14. The van der Waals surface area contributed by atoms with Crippen molar-refractivity contribution in [2.24, 2.45) is 0 Å². The molecule has 1 aliphatic rings. The van der Waals surface area contributed by atoms with Gasteiger partial charge in [-0.25, -0.2) is 0 Å². The number of nitrogens with zero attached hydrogens (tertiary/aromatic N) is 1. The first-order valence-electron chi connectivity index (χ1n) is 7.83. The lowest BCUT2D eigenvalue weighted by molar-refractivity contribution is -0.0993. The van der Waals surface area contributed by atoms with Crippen molar-refractivity contribution < 1.29 is 4.74 Å². The maximum atomic E-state index is 6.27. The van der Waals surface area contributed by atoms with Crippen molar-refractivity contribution in [2.75, 3.05) is 13.1 Å². The van der Waals surface area contributed by atoms with E-state index in [9.17, 15) is 0 Å². The maximum absolute atomic E-state index is 6.27. The molecule has 1 aromatic rings. The molecule has 20 heavy (non-hydrogen) atoms. The summed E-state index contributed by atoms with van der Waals surface area (Å²) in [4.78, 5) is 2.50. The first-order chi connectivity index (χ1) is 9.69. The van der Waals surface area contributed by atoms with E-state index in [-0.39, 0.29) is 6.23 Å². The molecule has 2 nitrogen and oxygen atoms in total. The fourth-order valence-electron chi connectivity index (χ4n) is 2.70. The summed E-state index contributed by atoms with van der Waals surface area (Å²) >= 11 is 6.09. The molecule has 0 spiro atoms. The molecular formula is C17H26ClNO. The van der Waals surface area contributed by atoms with Crippen LogP contribution in [0.5, 0.6) is 0 Å². The minimum absolute atomic E-state index is 0.184. The van der Waals surface area contributed by atoms with Crippen LogP contribution in [-0.4, -0.2) is 30.3 Å². The smallest absolute Gasteiger partial charge is 0.115 e. The second-order valence-electron chi connectivity index (χ2n) is 5.74. The molecule has 1 saturated heterocycles. The fourth-order valence-corrected chi connectivity index (χ4v) is 2.91. The highest BCUT2D eigenvalue weighted by Gasteiger charge is 2.23. The second kappa shape index (κ2) is 8.02. The molecule has 112 valence electrons. The fraction of sp³-hybridized carbons (Fsp3) is 0.647. The Morgan fingerprint density at radius 3 is 2.65 bits per heavy atom. The summed E-state index contributed by atoms with van der Waals surface area (Å²) in [7, 11) is 0. The van der Waals surface area contributed by atoms with Crippen molar-refractivity contribution in [3.8, 4) is 0 Å². The summed E-state index contributed by atoms with van der Waals surface area (Å²) in [5, 5.41) is 0.809. The molecule has 1 aliphatic heterocycles. The summed E-state index contributed by atoms with van der Waals surface area (Å²) < 4.78 is 6.27. The predicted molar refractivity (Wildman–Crippen MR) is 85.2 cm³/mol. The van der Waals surface area contributed by atoms with Crippen LogP contribution in [0.15, 0.2) is 24.3 Å². The number of benzene rings is 1. The predicted octanol–water partition coefficient (Wildman–Crippen LogP) is 4.51. The van der Waals surface area contributed by atoms with Crippen molar-refractivity contribution in [3.05, 3.63) is 34.9 Å². The van der Waals surface area contributed by atoms with Gasteiger partial charge in [0.15, 0.2) is 0 Å². The van der Waals surface area contributed by atoms with Gasteiger partial charge in [0.2, 0.25) is 0 Å². The molecule has 1 aromatic carbocycles. The van der Waals surface area contributed by atoms with Crippen LogP contribution in [0, 0.1) is 0 Å². The van der Waals surface area contributed by atoms with Crippen LogP contribution in [0.4, 0.5) is 0 Å². The molecule has 0 aromatic heterocycles. The van der Waals surface area contributed by atoms with Crippen LogP contribution in [0.25, 0.3) is 0 Å². The van der Waals surface area contributed by atoms with Crippen molar-refractivity contribution in [1.82, 2.24) is 4.90 Å². The SMILES string of the molecule is CCC(C)OC(Cc1cccc(Cl)c1)N1CCCCC1. The van der Waals surface area contributed by atoms with E-state index in [0.29, 0.717) is 6.10 Å². The zero-order valence-electron chi connectivity index (χ0n) is 12.6. The van der Waals surface area contributed by atoms with E-state index >= 15 is 0 Å². The van der Waals surface area contributed by atoms with Gasteiger partial charge >= 0.3 is 0 Å². The van der Waals surface area contributed by atoms with Gasteiger partial charge in [0.05, 0.1) is 6.10 Å². The molecule has 2 atom stereocenters. The van der Waals surface area contributed by atoms with Gasteiger partial charge in [-0.3, -0.25) is 4.90 Å². The lowest BCUT2D eigenvalue weighted by atomic mass is 10.1. The van der Waals surface area contributed by atoms with Crippen molar-refractivity contribution in [1.29, 1.82) is 0 Å². The largest absolute Gasteiger partial charge is 0.360 e. The Bertz CT molecular complexity index is 404. The highest BCUT2D eigenvalue weighted by atomic mass is 35.5. The number of hydrogen-bond acceptors (Lipinski definition) is 2. The minimum Gasteiger partial charge on any atom is -0.360 e. The van der Waals surface area contributed by atoms with E-state index in [4.69, 9.17) is 16.3 Å². The van der Waals surface area contributed by atoms with Crippen molar-refractivity contribution >= 4 is 11.6 Å². The van der Waals surface area contributed by atoms with E-state index in [2.05, 4.69) is 30.9 Å². The van der Waals surface area contributed by atoms with Gasteiger partial charge < -0.3 is 4.74 Å². The second-order valence-corrected chi connectivity index (χ2v) is 6.18. The average Bonchev–Trinajstić information content (AvgIpc) is 2.47. The summed E-state index contributed by atoms with van der Waals surface area (Å²) in [5.74, 6) is 0. The molecule has 2 unspecified atom stereocenters. The Hall–Kier alpha value is -0.570. The maximum Gasteiger partial charge on any atom is 0.115 e. The van der Waals surface area contributed by atoms with Crippen LogP contribution in [0.1, 0.15) is 45.1 Å². The van der Waals surface area contributed by atoms with Crippen LogP contribution in [0.3, 0.4) is 0 Å². The Morgan fingerprint density at radius 1 is 1.25 bits per heavy atom. The molecule has 3 heteroatoms. The standard InChI is InChI=1S/C17H26ClNO/c1-3-14(2)20-17(19-10-5-4-6-11-19)13-15-8-7-9-16(18)12-15/h7-9,12,14,17H,3-6,10-11,13H2,1-2H3. The number of rotatable bonds is 6. The van der Waals surface area contributed by atoms with Gasteiger partial charge in [0, 0.05) is 24.5 Å². The first-order valence-corrected chi connectivity index (χ1v) is 8.20. The highest BCUT2D eigenvalue weighted by molar-refractivity contribution is 6.30. The molecule has 1 heterocycles. The van der Waals surface area contributed by atoms with Crippen molar-refractivity contribution in [3.63, 3.8) is 0 Å². The average molecular weight is 296 g/mol. The van der Waals surface area contributed by atoms with E-state index in [1.807, 2.05) is 12.1 Å². The van der Waals surface area contributed by atoms with E-state index < -0.39 is 0 Å². The number of ether oxygens (including phenoxy) is 1. The van der Waals surface area contributed by atoms with Gasteiger partial charge in [-0.15, -0.1) is 0 Å². The minimum atomic E-state index is 0.184. The Kier molecular flexibility index (Phi) is 6.34. The van der Waals surface area contributed by atoms with Crippen molar-refractivity contribution in [2.45, 2.75) is 58.3 Å².